The Balaban J connectivity index is 1.93. The third kappa shape index (κ3) is 2.86. The van der Waals surface area contributed by atoms with E-state index in [0.717, 1.165) is 11.0 Å². The lowest BCUT2D eigenvalue weighted by Crippen LogP contribution is -2.45. The van der Waals surface area contributed by atoms with Gasteiger partial charge in [0.15, 0.2) is 5.65 Å². The molecule has 0 bridgehead atoms. The molecule has 2 aromatic rings. The number of carbonyl (C=O) groups excluding carboxylic acids is 1. The molecule has 0 spiro atoms. The third-order valence-electron chi connectivity index (χ3n) is 4.63. The van der Waals surface area contributed by atoms with E-state index >= 15 is 0 Å². The van der Waals surface area contributed by atoms with Crippen molar-refractivity contribution in [2.75, 3.05) is 13.1 Å². The Morgan fingerprint density at radius 3 is 2.79 bits per heavy atom. The quantitative estimate of drug-likeness (QED) is 0.929. The van der Waals surface area contributed by atoms with Crippen LogP contribution in [0.5, 0.6) is 0 Å². The number of nitrogens with zero attached hydrogens (tertiary/aromatic N) is 4. The van der Waals surface area contributed by atoms with Gasteiger partial charge < -0.3 is 10.0 Å². The van der Waals surface area contributed by atoms with Crippen LogP contribution in [0.15, 0.2) is 12.3 Å². The molecule has 1 amide bonds. The lowest BCUT2D eigenvalue weighted by atomic mass is 9.90. The van der Waals surface area contributed by atoms with E-state index in [1.165, 1.54) is 0 Å². The number of amides is 1. The molecule has 0 saturated carbocycles. The number of hydrogen-bond donors (Lipinski definition) is 1. The van der Waals surface area contributed by atoms with E-state index in [1.54, 1.807) is 15.8 Å². The molecule has 2 unspecified atom stereocenters. The summed E-state index contributed by atoms with van der Waals surface area (Å²) in [4.78, 5) is 30.4. The number of carboxylic acid groups (broad SMARTS) is 1. The van der Waals surface area contributed by atoms with Crippen molar-refractivity contribution in [3.05, 3.63) is 23.5 Å². The van der Waals surface area contributed by atoms with Crippen molar-refractivity contribution in [3.63, 3.8) is 0 Å². The van der Waals surface area contributed by atoms with Crippen LogP contribution < -0.4 is 0 Å². The molecule has 7 heteroatoms. The second kappa shape index (κ2) is 6.22. The standard InChI is InChI=1S/C17H22N4O3/c1-4-21-15-12(7-18-21)6-14(11(3)19-15)16(22)20-8-10(2)5-13(9-20)17(23)24/h6-7,10,13H,4-5,8-9H2,1-3H3,(H,23,24). The predicted octanol–water partition coefficient (Wildman–Crippen LogP) is 1.94. The van der Waals surface area contributed by atoms with Crippen molar-refractivity contribution in [2.45, 2.75) is 33.7 Å². The van der Waals surface area contributed by atoms with Gasteiger partial charge in [-0.05, 0) is 32.3 Å². The minimum atomic E-state index is -0.839. The van der Waals surface area contributed by atoms with Crippen LogP contribution in [0.4, 0.5) is 0 Å². The number of carboxylic acids is 1. The van der Waals surface area contributed by atoms with Gasteiger partial charge in [0.2, 0.25) is 0 Å². The Morgan fingerprint density at radius 1 is 1.38 bits per heavy atom. The van der Waals surface area contributed by atoms with Crippen LogP contribution in [0.1, 0.15) is 36.3 Å². The summed E-state index contributed by atoms with van der Waals surface area (Å²) in [5.41, 5.74) is 1.94. The van der Waals surface area contributed by atoms with Gasteiger partial charge in [-0.15, -0.1) is 0 Å². The van der Waals surface area contributed by atoms with E-state index in [4.69, 9.17) is 0 Å². The lowest BCUT2D eigenvalue weighted by molar-refractivity contribution is -0.143. The summed E-state index contributed by atoms with van der Waals surface area (Å²) >= 11 is 0. The molecule has 7 nitrogen and oxygen atoms in total. The molecule has 1 N–H and O–H groups in total. The van der Waals surface area contributed by atoms with Gasteiger partial charge in [-0.3, -0.25) is 9.59 Å². The van der Waals surface area contributed by atoms with Crippen molar-refractivity contribution in [3.8, 4) is 0 Å². The Labute approximate surface area is 140 Å². The first-order valence-corrected chi connectivity index (χ1v) is 8.26. The van der Waals surface area contributed by atoms with Crippen LogP contribution in [-0.2, 0) is 11.3 Å². The molecular formula is C17H22N4O3. The summed E-state index contributed by atoms with van der Waals surface area (Å²) in [6.45, 7) is 7.33. The molecule has 1 fully saturated rings. The lowest BCUT2D eigenvalue weighted by Gasteiger charge is -2.34. The van der Waals surface area contributed by atoms with Crippen LogP contribution in [0.25, 0.3) is 11.0 Å². The smallest absolute Gasteiger partial charge is 0.308 e. The first-order valence-electron chi connectivity index (χ1n) is 8.26. The molecular weight excluding hydrogens is 308 g/mol. The average Bonchev–Trinajstić information content (AvgIpc) is 2.94. The average molecular weight is 330 g/mol. The Morgan fingerprint density at radius 2 is 2.12 bits per heavy atom. The largest absolute Gasteiger partial charge is 0.481 e. The number of carbonyl (C=O) groups is 2. The first kappa shape index (κ1) is 16.4. The van der Waals surface area contributed by atoms with Crippen molar-refractivity contribution < 1.29 is 14.7 Å². The fourth-order valence-electron chi connectivity index (χ4n) is 3.41. The zero-order valence-electron chi connectivity index (χ0n) is 14.2. The second-order valence-electron chi connectivity index (χ2n) is 6.58. The molecule has 2 aromatic heterocycles. The number of hydrogen-bond acceptors (Lipinski definition) is 4. The number of pyridine rings is 1. The number of piperidine rings is 1. The number of aromatic nitrogens is 3. The SMILES string of the molecule is CCn1ncc2cc(C(=O)N3CC(C)CC(C(=O)O)C3)c(C)nc21. The van der Waals surface area contributed by atoms with Gasteiger partial charge >= 0.3 is 5.97 Å². The van der Waals surface area contributed by atoms with Crippen molar-refractivity contribution in [1.29, 1.82) is 0 Å². The number of aryl methyl sites for hydroxylation is 2. The molecule has 3 heterocycles. The first-order chi connectivity index (χ1) is 11.4. The molecule has 3 rings (SSSR count). The van der Waals surface area contributed by atoms with Crippen molar-refractivity contribution in [2.24, 2.45) is 11.8 Å². The molecule has 0 aromatic carbocycles. The normalized spacial score (nSPS) is 21.2. The van der Waals surface area contributed by atoms with Gasteiger partial charge in [0.25, 0.3) is 5.91 Å². The Hall–Kier alpha value is -2.44. The minimum absolute atomic E-state index is 0.149. The van der Waals surface area contributed by atoms with Gasteiger partial charge in [0.1, 0.15) is 0 Å². The fraction of sp³-hybridized carbons (Fsp3) is 0.529. The molecule has 24 heavy (non-hydrogen) atoms. The second-order valence-corrected chi connectivity index (χ2v) is 6.58. The maximum absolute atomic E-state index is 12.9. The highest BCUT2D eigenvalue weighted by Gasteiger charge is 2.33. The summed E-state index contributed by atoms with van der Waals surface area (Å²) in [5.74, 6) is -1.32. The van der Waals surface area contributed by atoms with E-state index in [-0.39, 0.29) is 18.4 Å². The number of rotatable bonds is 3. The van der Waals surface area contributed by atoms with Crippen LogP contribution in [-0.4, -0.2) is 49.7 Å². The monoisotopic (exact) mass is 330 g/mol. The van der Waals surface area contributed by atoms with Crippen LogP contribution >= 0.6 is 0 Å². The van der Waals surface area contributed by atoms with E-state index in [0.29, 0.717) is 30.8 Å². The summed E-state index contributed by atoms with van der Waals surface area (Å²) < 4.78 is 1.79. The van der Waals surface area contributed by atoms with Gasteiger partial charge in [0.05, 0.1) is 23.4 Å². The number of aliphatic carboxylic acids is 1. The molecule has 1 aliphatic heterocycles. The molecule has 128 valence electrons. The predicted molar refractivity (Wildman–Crippen MR) is 88.7 cm³/mol. The van der Waals surface area contributed by atoms with Crippen LogP contribution in [0.2, 0.25) is 0 Å². The van der Waals surface area contributed by atoms with Crippen LogP contribution in [0, 0.1) is 18.8 Å². The van der Waals surface area contributed by atoms with Gasteiger partial charge in [-0.1, -0.05) is 6.92 Å². The molecule has 0 aliphatic carbocycles. The highest BCUT2D eigenvalue weighted by atomic mass is 16.4. The summed E-state index contributed by atoms with van der Waals surface area (Å²) in [6.07, 6.45) is 2.32. The number of likely N-dealkylation sites (tertiary alicyclic amines) is 1. The zero-order valence-corrected chi connectivity index (χ0v) is 14.2. The maximum atomic E-state index is 12.9. The Bertz CT molecular complexity index is 798. The van der Waals surface area contributed by atoms with E-state index in [9.17, 15) is 14.7 Å². The van der Waals surface area contributed by atoms with Crippen molar-refractivity contribution >= 4 is 22.9 Å². The fourth-order valence-corrected chi connectivity index (χ4v) is 3.41. The minimum Gasteiger partial charge on any atom is -0.481 e. The van der Waals surface area contributed by atoms with Crippen molar-refractivity contribution in [1.82, 2.24) is 19.7 Å². The van der Waals surface area contributed by atoms with E-state index < -0.39 is 11.9 Å². The van der Waals surface area contributed by atoms with Gasteiger partial charge in [-0.25, -0.2) is 9.67 Å². The number of fused-ring (bicyclic) bond motifs is 1. The highest BCUT2D eigenvalue weighted by Crippen LogP contribution is 2.25. The molecule has 1 saturated heterocycles. The maximum Gasteiger partial charge on any atom is 0.308 e. The zero-order chi connectivity index (χ0) is 17.4. The molecule has 1 aliphatic rings. The highest BCUT2D eigenvalue weighted by molar-refractivity contribution is 5.98. The van der Waals surface area contributed by atoms with E-state index in [1.807, 2.05) is 26.8 Å². The topological polar surface area (TPSA) is 88.3 Å². The van der Waals surface area contributed by atoms with Gasteiger partial charge in [0, 0.05) is 25.0 Å². The molecule has 2 atom stereocenters. The van der Waals surface area contributed by atoms with Crippen LogP contribution in [0.3, 0.4) is 0 Å². The third-order valence-corrected chi connectivity index (χ3v) is 4.63. The Kier molecular flexibility index (Phi) is 4.26. The van der Waals surface area contributed by atoms with Gasteiger partial charge in [-0.2, -0.15) is 5.10 Å². The summed E-state index contributed by atoms with van der Waals surface area (Å²) in [5, 5.41) is 14.4. The molecule has 0 radical (unpaired) electrons. The summed E-state index contributed by atoms with van der Waals surface area (Å²) in [6, 6.07) is 1.81. The summed E-state index contributed by atoms with van der Waals surface area (Å²) in [7, 11) is 0. The van der Waals surface area contributed by atoms with E-state index in [2.05, 4.69) is 10.1 Å².